The number of imide groups is 1. The molecule has 0 bridgehead atoms. The van der Waals surface area contributed by atoms with Crippen LogP contribution in [0.5, 0.6) is 5.75 Å². The molecule has 0 spiro atoms. The zero-order chi connectivity index (χ0) is 32.6. The van der Waals surface area contributed by atoms with Gasteiger partial charge in [-0.05, 0) is 66.1 Å². The van der Waals surface area contributed by atoms with Crippen LogP contribution in [0.4, 0.5) is 5.69 Å². The predicted molar refractivity (Wildman–Crippen MR) is 177 cm³/mol. The van der Waals surface area contributed by atoms with E-state index in [2.05, 4.69) is 0 Å². The molecule has 2 amide bonds. The molecule has 4 aromatic carbocycles. The minimum atomic E-state index is -1.54. The molecule has 1 aliphatic carbocycles. The monoisotopic (exact) mass is 664 g/mol. The van der Waals surface area contributed by atoms with Gasteiger partial charge in [0, 0.05) is 21.5 Å². The maximum absolute atomic E-state index is 15.2. The number of carbonyl (C=O) groups excluding carboxylic acids is 2. The normalized spacial score (nSPS) is 23.2. The third-order valence-corrected chi connectivity index (χ3v) is 10.2. The Labute approximate surface area is 278 Å². The van der Waals surface area contributed by atoms with Gasteiger partial charge < -0.3 is 5.11 Å². The van der Waals surface area contributed by atoms with Crippen molar-refractivity contribution in [2.75, 3.05) is 4.90 Å². The fourth-order valence-corrected chi connectivity index (χ4v) is 8.27. The van der Waals surface area contributed by atoms with Crippen molar-refractivity contribution in [2.24, 2.45) is 5.92 Å². The lowest BCUT2D eigenvalue weighted by atomic mass is 9.53. The number of aromatic nitrogens is 3. The summed E-state index contributed by atoms with van der Waals surface area (Å²) in [6.45, 7) is 0.0350. The number of para-hydroxylation sites is 1. The quantitative estimate of drug-likeness (QED) is 0.199. The van der Waals surface area contributed by atoms with Crippen LogP contribution in [0.1, 0.15) is 29.5 Å². The Morgan fingerprint density at radius 3 is 2.15 bits per heavy atom. The summed E-state index contributed by atoms with van der Waals surface area (Å²) in [5.74, 6) is -3.02. The minimum Gasteiger partial charge on any atom is -0.508 e. The van der Waals surface area contributed by atoms with E-state index in [1.54, 1.807) is 78.9 Å². The lowest BCUT2D eigenvalue weighted by Gasteiger charge is -2.49. The SMILES string of the molecule is O=C1[C@@H]2C[C@@H]3C(=CCn4c(=O)n(-c5ccccc5)c(=O)n43)[C@H](c3cc(Cl)ccc3O)[C@]2(c2ccccc2)C(=O)N1c1cccc(Cl)c1. The summed E-state index contributed by atoms with van der Waals surface area (Å²) >= 11 is 12.9. The molecule has 0 radical (unpaired) electrons. The van der Waals surface area contributed by atoms with Crippen molar-refractivity contribution < 1.29 is 14.7 Å². The van der Waals surface area contributed by atoms with Gasteiger partial charge in [-0.3, -0.25) is 9.59 Å². The Bertz CT molecular complexity index is 2260. The molecule has 4 atom stereocenters. The Kier molecular flexibility index (Phi) is 6.68. The Morgan fingerprint density at radius 1 is 0.745 bits per heavy atom. The lowest BCUT2D eigenvalue weighted by Crippen LogP contribution is -2.53. The minimum absolute atomic E-state index is 0.0350. The van der Waals surface area contributed by atoms with Gasteiger partial charge in [-0.25, -0.2) is 28.4 Å². The Morgan fingerprint density at radius 2 is 1.43 bits per heavy atom. The van der Waals surface area contributed by atoms with Crippen LogP contribution in [-0.2, 0) is 21.5 Å². The summed E-state index contributed by atoms with van der Waals surface area (Å²) in [7, 11) is 0. The molecule has 3 aliphatic rings. The number of benzene rings is 4. The van der Waals surface area contributed by atoms with Gasteiger partial charge in [-0.2, -0.15) is 0 Å². The maximum atomic E-state index is 15.2. The molecule has 2 fully saturated rings. The van der Waals surface area contributed by atoms with E-state index in [0.29, 0.717) is 38.1 Å². The molecule has 2 aliphatic heterocycles. The van der Waals surface area contributed by atoms with Gasteiger partial charge in [0.25, 0.3) is 0 Å². The maximum Gasteiger partial charge on any atom is 0.352 e. The number of rotatable bonds is 4. The van der Waals surface area contributed by atoms with E-state index in [4.69, 9.17) is 23.2 Å². The summed E-state index contributed by atoms with van der Waals surface area (Å²) in [6.07, 6.45) is 1.88. The average molecular weight is 666 g/mol. The first-order valence-corrected chi connectivity index (χ1v) is 15.9. The topological polar surface area (TPSA) is 107 Å². The first kappa shape index (κ1) is 29.3. The number of amides is 2. The number of nitrogens with zero attached hydrogens (tertiary/aromatic N) is 4. The smallest absolute Gasteiger partial charge is 0.352 e. The fourth-order valence-electron chi connectivity index (χ4n) is 7.90. The van der Waals surface area contributed by atoms with Crippen LogP contribution in [0, 0.1) is 5.92 Å². The van der Waals surface area contributed by atoms with Gasteiger partial charge in [-0.15, -0.1) is 0 Å². The molecule has 3 heterocycles. The van der Waals surface area contributed by atoms with E-state index in [9.17, 15) is 19.5 Å². The zero-order valence-electron chi connectivity index (χ0n) is 24.7. The van der Waals surface area contributed by atoms with E-state index < -0.39 is 46.5 Å². The van der Waals surface area contributed by atoms with Crippen molar-refractivity contribution in [3.8, 4) is 11.4 Å². The highest BCUT2D eigenvalue weighted by atomic mass is 35.5. The number of anilines is 1. The summed E-state index contributed by atoms with van der Waals surface area (Å²) in [5, 5.41) is 12.1. The van der Waals surface area contributed by atoms with Gasteiger partial charge in [0.2, 0.25) is 11.8 Å². The third kappa shape index (κ3) is 4.09. The number of phenols is 1. The van der Waals surface area contributed by atoms with E-state index in [-0.39, 0.29) is 18.7 Å². The van der Waals surface area contributed by atoms with E-state index >= 15 is 4.79 Å². The fraction of sp³-hybridized carbons (Fsp3) is 0.167. The highest BCUT2D eigenvalue weighted by Crippen LogP contribution is 2.63. The molecular formula is C36H26Cl2N4O5. The van der Waals surface area contributed by atoms with Crippen LogP contribution in [0.15, 0.2) is 124 Å². The van der Waals surface area contributed by atoms with Gasteiger partial charge in [0.15, 0.2) is 0 Å². The summed E-state index contributed by atoms with van der Waals surface area (Å²) < 4.78 is 3.87. The van der Waals surface area contributed by atoms with Gasteiger partial charge in [0.1, 0.15) is 5.75 Å². The molecule has 11 heteroatoms. The van der Waals surface area contributed by atoms with E-state index in [0.717, 1.165) is 4.57 Å². The van der Waals surface area contributed by atoms with Gasteiger partial charge in [0.05, 0.1) is 35.3 Å². The molecule has 47 heavy (non-hydrogen) atoms. The van der Waals surface area contributed by atoms with Crippen molar-refractivity contribution in [2.45, 2.75) is 30.3 Å². The number of fused-ring (bicyclic) bond motifs is 4. The Hall–Kier alpha value is -5.12. The van der Waals surface area contributed by atoms with Crippen LogP contribution in [0.25, 0.3) is 5.69 Å². The van der Waals surface area contributed by atoms with Crippen LogP contribution in [0.2, 0.25) is 10.0 Å². The zero-order valence-corrected chi connectivity index (χ0v) is 26.2. The highest BCUT2D eigenvalue weighted by Gasteiger charge is 2.69. The summed E-state index contributed by atoms with van der Waals surface area (Å²) in [6, 6.07) is 28.1. The second kappa shape index (κ2) is 10.7. The van der Waals surface area contributed by atoms with Crippen molar-refractivity contribution in [1.29, 1.82) is 0 Å². The van der Waals surface area contributed by atoms with Crippen LogP contribution >= 0.6 is 23.2 Å². The lowest BCUT2D eigenvalue weighted by molar-refractivity contribution is -0.124. The number of halogens is 2. The van der Waals surface area contributed by atoms with E-state index in [1.165, 1.54) is 20.3 Å². The molecule has 5 aromatic rings. The number of hydrogen-bond donors (Lipinski definition) is 1. The van der Waals surface area contributed by atoms with Crippen LogP contribution in [-0.4, -0.2) is 30.9 Å². The van der Waals surface area contributed by atoms with Crippen LogP contribution in [0.3, 0.4) is 0 Å². The molecule has 1 aromatic heterocycles. The van der Waals surface area contributed by atoms with Crippen LogP contribution < -0.4 is 16.3 Å². The Balaban J connectivity index is 1.43. The number of hydrogen-bond acceptors (Lipinski definition) is 5. The van der Waals surface area contributed by atoms with Gasteiger partial charge >= 0.3 is 11.4 Å². The van der Waals surface area contributed by atoms with Crippen molar-refractivity contribution >= 4 is 40.7 Å². The molecule has 234 valence electrons. The molecule has 9 nitrogen and oxygen atoms in total. The largest absolute Gasteiger partial charge is 0.508 e. The number of allylic oxidation sites excluding steroid dienone is 2. The molecule has 1 saturated heterocycles. The van der Waals surface area contributed by atoms with Crippen molar-refractivity contribution in [3.05, 3.63) is 157 Å². The first-order chi connectivity index (χ1) is 22.7. The number of carbonyl (C=O) groups is 2. The molecule has 0 unspecified atom stereocenters. The number of aromatic hydroxyl groups is 1. The predicted octanol–water partition coefficient (Wildman–Crippen LogP) is 5.61. The highest BCUT2D eigenvalue weighted by molar-refractivity contribution is 6.32. The standard InChI is InChI=1S/C36H26Cl2N4O5/c37-22-10-7-13-25(18-22)40-32(44)28-20-29-26(16-17-39-34(46)41(35(47)42(29)39)24-11-5-2-6-12-24)31(27-19-23(38)14-15-30(27)43)36(28,33(40)45)21-8-3-1-4-9-21/h1-16,18-19,28-29,31,43H,17,20H2/t28-,29+,31+,36+/m0/s1. The van der Waals surface area contributed by atoms with Crippen molar-refractivity contribution in [3.63, 3.8) is 0 Å². The van der Waals surface area contributed by atoms with E-state index in [1.807, 2.05) is 24.3 Å². The molecular weight excluding hydrogens is 639 g/mol. The first-order valence-electron chi connectivity index (χ1n) is 15.1. The molecule has 1 saturated carbocycles. The average Bonchev–Trinajstić information content (AvgIpc) is 3.47. The third-order valence-electron chi connectivity index (χ3n) is 9.74. The second-order valence-corrected chi connectivity index (χ2v) is 12.9. The molecule has 1 N–H and O–H groups in total. The molecule has 8 rings (SSSR count). The second-order valence-electron chi connectivity index (χ2n) is 12.0. The van der Waals surface area contributed by atoms with Gasteiger partial charge in [-0.1, -0.05) is 83.9 Å². The summed E-state index contributed by atoms with van der Waals surface area (Å²) in [4.78, 5) is 59.0. The number of phenolic OH excluding ortho intramolecular Hbond substituents is 1. The summed E-state index contributed by atoms with van der Waals surface area (Å²) in [5.41, 5.74) is -0.363. The van der Waals surface area contributed by atoms with Crippen molar-refractivity contribution in [1.82, 2.24) is 13.9 Å².